The Labute approximate surface area is 145 Å². The van der Waals surface area contributed by atoms with Crippen molar-refractivity contribution in [3.8, 4) is 0 Å². The molecule has 6 heteroatoms. The van der Waals surface area contributed by atoms with Gasteiger partial charge in [-0.1, -0.05) is 31.4 Å². The van der Waals surface area contributed by atoms with Crippen molar-refractivity contribution < 1.29 is 18.3 Å². The minimum atomic E-state index is -3.04. The lowest BCUT2D eigenvalue weighted by molar-refractivity contribution is -0.0819. The Balaban J connectivity index is 0.000000399. The SMILES string of the molecule is C=CC(=C)F.C[C@@H]1Cc2c([nH]c3ccccc23)CN1CC(F)(F)CO. The smallest absolute Gasteiger partial charge is 0.283 e. The van der Waals surface area contributed by atoms with Gasteiger partial charge in [0, 0.05) is 29.2 Å². The molecule has 0 fully saturated rings. The molecule has 2 heterocycles. The van der Waals surface area contributed by atoms with Crippen molar-refractivity contribution in [3.05, 3.63) is 60.6 Å². The number of hydrogen-bond acceptors (Lipinski definition) is 2. The molecule has 1 atom stereocenters. The Hall–Kier alpha value is -2.05. The second-order valence-corrected chi connectivity index (χ2v) is 6.25. The molecule has 3 rings (SSSR count). The lowest BCUT2D eigenvalue weighted by Gasteiger charge is -2.35. The Morgan fingerprint density at radius 2 is 2.08 bits per heavy atom. The predicted octanol–water partition coefficient (Wildman–Crippen LogP) is 4.20. The lowest BCUT2D eigenvalue weighted by atomic mass is 9.97. The van der Waals surface area contributed by atoms with Crippen molar-refractivity contribution in [1.29, 1.82) is 0 Å². The number of para-hydroxylation sites is 1. The number of nitrogens with zero attached hydrogens (tertiary/aromatic N) is 1. The fourth-order valence-electron chi connectivity index (χ4n) is 2.97. The molecule has 0 aliphatic carbocycles. The highest BCUT2D eigenvalue weighted by Gasteiger charge is 2.35. The Morgan fingerprint density at radius 1 is 1.44 bits per heavy atom. The first-order valence-electron chi connectivity index (χ1n) is 8.05. The molecule has 0 bridgehead atoms. The summed E-state index contributed by atoms with van der Waals surface area (Å²) in [5, 5.41) is 9.92. The molecular weight excluding hydrogens is 329 g/mol. The third kappa shape index (κ3) is 4.74. The summed E-state index contributed by atoms with van der Waals surface area (Å²) in [5.74, 6) is -3.53. The molecule has 2 N–H and O–H groups in total. The van der Waals surface area contributed by atoms with Gasteiger partial charge in [-0.05, 0) is 31.1 Å². The summed E-state index contributed by atoms with van der Waals surface area (Å²) >= 11 is 0. The van der Waals surface area contributed by atoms with E-state index >= 15 is 0 Å². The van der Waals surface area contributed by atoms with Crippen LogP contribution in [0.1, 0.15) is 18.2 Å². The summed E-state index contributed by atoms with van der Waals surface area (Å²) in [7, 11) is 0. The van der Waals surface area contributed by atoms with Crippen LogP contribution in [0, 0.1) is 0 Å². The number of nitrogens with one attached hydrogen (secondary N) is 1. The third-order valence-corrected chi connectivity index (χ3v) is 4.27. The van der Waals surface area contributed by atoms with Crippen molar-refractivity contribution in [2.75, 3.05) is 13.2 Å². The molecule has 2 aromatic rings. The van der Waals surface area contributed by atoms with Gasteiger partial charge in [0.15, 0.2) is 0 Å². The number of aliphatic hydroxyl groups is 1. The number of hydrogen-bond donors (Lipinski definition) is 2. The van der Waals surface area contributed by atoms with E-state index in [9.17, 15) is 13.2 Å². The summed E-state index contributed by atoms with van der Waals surface area (Å²) < 4.78 is 37.9. The number of benzene rings is 1. The van der Waals surface area contributed by atoms with E-state index in [0.29, 0.717) is 6.54 Å². The highest BCUT2D eigenvalue weighted by atomic mass is 19.3. The number of aromatic amines is 1. The van der Waals surface area contributed by atoms with Crippen molar-refractivity contribution in [3.63, 3.8) is 0 Å². The number of allylic oxidation sites excluding steroid dienone is 2. The van der Waals surface area contributed by atoms with Crippen LogP contribution in [0.15, 0.2) is 49.3 Å². The van der Waals surface area contributed by atoms with Gasteiger partial charge in [-0.3, -0.25) is 4.90 Å². The molecule has 136 valence electrons. The molecule has 0 spiro atoms. The maximum Gasteiger partial charge on any atom is 0.283 e. The number of fused-ring (bicyclic) bond motifs is 3. The number of halogens is 3. The van der Waals surface area contributed by atoms with Gasteiger partial charge in [-0.2, -0.15) is 0 Å². The first-order valence-corrected chi connectivity index (χ1v) is 8.05. The predicted molar refractivity (Wildman–Crippen MR) is 94.4 cm³/mol. The molecule has 0 radical (unpaired) electrons. The third-order valence-electron chi connectivity index (χ3n) is 4.27. The van der Waals surface area contributed by atoms with Gasteiger partial charge >= 0.3 is 0 Å². The summed E-state index contributed by atoms with van der Waals surface area (Å²) in [5.41, 5.74) is 3.30. The molecule has 0 saturated heterocycles. The van der Waals surface area contributed by atoms with Gasteiger partial charge in [0.05, 0.1) is 6.54 Å². The van der Waals surface area contributed by atoms with E-state index in [1.807, 2.05) is 25.1 Å². The molecule has 3 nitrogen and oxygen atoms in total. The maximum atomic E-state index is 13.4. The highest BCUT2D eigenvalue weighted by molar-refractivity contribution is 5.84. The molecule has 25 heavy (non-hydrogen) atoms. The monoisotopic (exact) mass is 352 g/mol. The van der Waals surface area contributed by atoms with Crippen molar-refractivity contribution in [2.24, 2.45) is 0 Å². The topological polar surface area (TPSA) is 39.3 Å². The van der Waals surface area contributed by atoms with E-state index < -0.39 is 24.9 Å². The molecular formula is C19H23F3N2O. The number of aromatic nitrogens is 1. The van der Waals surface area contributed by atoms with Crippen LogP contribution in [0.4, 0.5) is 13.2 Å². The quantitative estimate of drug-likeness (QED) is 0.810. The molecule has 1 aromatic carbocycles. The Kier molecular flexibility index (Phi) is 6.08. The van der Waals surface area contributed by atoms with Crippen molar-refractivity contribution in [2.45, 2.75) is 31.9 Å². The summed E-state index contributed by atoms with van der Waals surface area (Å²) in [6.45, 7) is 6.90. The Bertz CT molecular complexity index is 754. The van der Waals surface area contributed by atoms with Crippen molar-refractivity contribution in [1.82, 2.24) is 9.88 Å². The normalized spacial score (nSPS) is 17.6. The minimum absolute atomic E-state index is 0.0409. The van der Waals surface area contributed by atoms with E-state index in [1.54, 1.807) is 4.90 Å². The van der Waals surface area contributed by atoms with Crippen LogP contribution in [-0.2, 0) is 13.0 Å². The van der Waals surface area contributed by atoms with Gasteiger partial charge in [0.1, 0.15) is 12.4 Å². The zero-order chi connectivity index (χ0) is 18.6. The number of H-pyrrole nitrogens is 1. The number of rotatable bonds is 4. The molecule has 0 amide bonds. The maximum absolute atomic E-state index is 13.4. The van der Waals surface area contributed by atoms with E-state index in [4.69, 9.17) is 5.11 Å². The van der Waals surface area contributed by atoms with Crippen LogP contribution in [0.5, 0.6) is 0 Å². The highest BCUT2D eigenvalue weighted by Crippen LogP contribution is 2.31. The first kappa shape index (κ1) is 19.3. The first-order chi connectivity index (χ1) is 11.8. The van der Waals surface area contributed by atoms with Gasteiger partial charge in [-0.15, -0.1) is 0 Å². The standard InChI is InChI=1S/C15H18F2N2O.C4H5F/c1-10-6-12-11-4-2-3-5-13(11)18-14(12)7-19(10)8-15(16,17)9-20;1-3-4(2)5/h2-5,10,18,20H,6-9H2,1H3;3H,1-2H2/t10-;/m1./s1. The van der Waals surface area contributed by atoms with Gasteiger partial charge < -0.3 is 10.1 Å². The number of aliphatic hydroxyl groups excluding tert-OH is 1. The molecule has 1 aliphatic heterocycles. The largest absolute Gasteiger partial charge is 0.390 e. The zero-order valence-electron chi connectivity index (χ0n) is 14.2. The zero-order valence-corrected chi connectivity index (χ0v) is 14.2. The summed E-state index contributed by atoms with van der Waals surface area (Å²) in [4.78, 5) is 5.05. The molecule has 0 unspecified atom stereocenters. The fourth-order valence-corrected chi connectivity index (χ4v) is 2.97. The van der Waals surface area contributed by atoms with Crippen molar-refractivity contribution >= 4 is 10.9 Å². The van der Waals surface area contributed by atoms with Crippen LogP contribution in [0.3, 0.4) is 0 Å². The summed E-state index contributed by atoms with van der Waals surface area (Å²) in [6.07, 6.45) is 1.81. The second kappa shape index (κ2) is 7.89. The van der Waals surface area contributed by atoms with E-state index in [-0.39, 0.29) is 6.04 Å². The Morgan fingerprint density at radius 3 is 2.68 bits per heavy atom. The van der Waals surface area contributed by atoms with E-state index in [1.165, 1.54) is 10.9 Å². The van der Waals surface area contributed by atoms with Crippen LogP contribution in [0.25, 0.3) is 10.9 Å². The number of alkyl halides is 2. The average Bonchev–Trinajstić information content (AvgIpc) is 2.93. The lowest BCUT2D eigenvalue weighted by Crippen LogP contribution is -2.46. The summed E-state index contributed by atoms with van der Waals surface area (Å²) in [6, 6.07) is 8.07. The average molecular weight is 352 g/mol. The van der Waals surface area contributed by atoms with Gasteiger partial charge in [-0.25, -0.2) is 13.2 Å². The van der Waals surface area contributed by atoms with Crippen LogP contribution in [0.2, 0.25) is 0 Å². The van der Waals surface area contributed by atoms with E-state index in [2.05, 4.69) is 24.2 Å². The molecule has 1 aliphatic rings. The van der Waals surface area contributed by atoms with Gasteiger partial charge in [0.2, 0.25) is 0 Å². The van der Waals surface area contributed by atoms with E-state index in [0.717, 1.165) is 23.7 Å². The second-order valence-electron chi connectivity index (χ2n) is 6.25. The fraction of sp³-hybridized carbons (Fsp3) is 0.368. The van der Waals surface area contributed by atoms with Crippen LogP contribution in [-0.4, -0.2) is 40.1 Å². The van der Waals surface area contributed by atoms with Gasteiger partial charge in [0.25, 0.3) is 5.92 Å². The van der Waals surface area contributed by atoms with Crippen LogP contribution < -0.4 is 0 Å². The molecule has 1 aromatic heterocycles. The minimum Gasteiger partial charge on any atom is -0.390 e. The van der Waals surface area contributed by atoms with Crippen LogP contribution >= 0.6 is 0 Å². The molecule has 0 saturated carbocycles.